The number of nitrogens with one attached hydrogen (secondary N) is 2. The van der Waals surface area contributed by atoms with Crippen molar-refractivity contribution >= 4 is 17.6 Å². The summed E-state index contributed by atoms with van der Waals surface area (Å²) in [6.45, 7) is 1.85. The van der Waals surface area contributed by atoms with Gasteiger partial charge in [0.05, 0.1) is 5.69 Å². The fourth-order valence-electron chi connectivity index (χ4n) is 1.36. The number of amidine groups is 1. The van der Waals surface area contributed by atoms with E-state index < -0.39 is 0 Å². The van der Waals surface area contributed by atoms with Crippen LogP contribution in [0.4, 0.5) is 10.5 Å². The summed E-state index contributed by atoms with van der Waals surface area (Å²) in [5.74, 6) is -0.0489. The number of nitrogen functional groups attached to an aromatic ring is 1. The molecule has 0 fully saturated rings. The van der Waals surface area contributed by atoms with Gasteiger partial charge in [0.15, 0.2) is 0 Å². The van der Waals surface area contributed by atoms with Gasteiger partial charge in [0.25, 0.3) is 0 Å². The standard InChI is InChI=1S/C11H16N4O/c1-7-5-4-6-8(9(7)10(12)13)14-11(16)15(2)3/h4-6H,1-3H3,(H3,12,13)(H,14,16). The van der Waals surface area contributed by atoms with Crippen LogP contribution in [-0.4, -0.2) is 30.9 Å². The van der Waals surface area contributed by atoms with Gasteiger partial charge in [-0.3, -0.25) is 5.41 Å². The highest BCUT2D eigenvalue weighted by atomic mass is 16.2. The van der Waals surface area contributed by atoms with Gasteiger partial charge in [-0.2, -0.15) is 0 Å². The van der Waals surface area contributed by atoms with Crippen LogP contribution in [0.1, 0.15) is 11.1 Å². The SMILES string of the molecule is Cc1cccc(NC(=O)N(C)C)c1C(=N)N. The van der Waals surface area contributed by atoms with Gasteiger partial charge in [-0.1, -0.05) is 12.1 Å². The molecule has 0 atom stereocenters. The molecule has 0 radical (unpaired) electrons. The number of nitrogens with zero attached hydrogens (tertiary/aromatic N) is 1. The number of hydrogen-bond donors (Lipinski definition) is 3. The predicted octanol–water partition coefficient (Wildman–Crippen LogP) is 1.37. The second kappa shape index (κ2) is 4.65. The molecule has 2 amide bonds. The molecule has 0 aliphatic rings. The molecule has 0 spiro atoms. The van der Waals surface area contributed by atoms with Crippen LogP contribution in [0.2, 0.25) is 0 Å². The average Bonchev–Trinajstić information content (AvgIpc) is 2.16. The quantitative estimate of drug-likeness (QED) is 0.519. The van der Waals surface area contributed by atoms with E-state index >= 15 is 0 Å². The number of benzene rings is 1. The Bertz CT molecular complexity index is 426. The third-order valence-electron chi connectivity index (χ3n) is 2.19. The van der Waals surface area contributed by atoms with E-state index in [2.05, 4.69) is 5.32 Å². The predicted molar refractivity (Wildman–Crippen MR) is 64.9 cm³/mol. The Labute approximate surface area is 94.8 Å². The lowest BCUT2D eigenvalue weighted by molar-refractivity contribution is 0.230. The molecule has 0 saturated carbocycles. The molecular weight excluding hydrogens is 204 g/mol. The number of amides is 2. The van der Waals surface area contributed by atoms with E-state index in [1.807, 2.05) is 19.1 Å². The molecule has 16 heavy (non-hydrogen) atoms. The molecule has 0 heterocycles. The summed E-state index contributed by atoms with van der Waals surface area (Å²) in [4.78, 5) is 12.9. The Morgan fingerprint density at radius 1 is 1.44 bits per heavy atom. The topological polar surface area (TPSA) is 82.2 Å². The minimum atomic E-state index is -0.242. The molecule has 5 heteroatoms. The van der Waals surface area contributed by atoms with E-state index in [1.165, 1.54) is 4.90 Å². The van der Waals surface area contributed by atoms with E-state index in [4.69, 9.17) is 11.1 Å². The smallest absolute Gasteiger partial charge is 0.321 e. The first kappa shape index (κ1) is 12.0. The van der Waals surface area contributed by atoms with Crippen LogP contribution >= 0.6 is 0 Å². The molecule has 0 unspecified atom stereocenters. The molecule has 0 aromatic heterocycles. The number of nitrogens with two attached hydrogens (primary N) is 1. The minimum Gasteiger partial charge on any atom is -0.384 e. The van der Waals surface area contributed by atoms with Gasteiger partial charge < -0.3 is 16.0 Å². The third kappa shape index (κ3) is 2.50. The summed E-state index contributed by atoms with van der Waals surface area (Å²) >= 11 is 0. The van der Waals surface area contributed by atoms with Crippen molar-refractivity contribution in [1.82, 2.24) is 4.90 Å². The maximum absolute atomic E-state index is 11.5. The van der Waals surface area contributed by atoms with Crippen molar-refractivity contribution in [3.05, 3.63) is 29.3 Å². The zero-order chi connectivity index (χ0) is 12.3. The summed E-state index contributed by atoms with van der Waals surface area (Å²) in [5, 5.41) is 10.2. The summed E-state index contributed by atoms with van der Waals surface area (Å²) in [6, 6.07) is 5.15. The van der Waals surface area contributed by atoms with Crippen LogP contribution in [0.3, 0.4) is 0 Å². The third-order valence-corrected chi connectivity index (χ3v) is 2.19. The summed E-state index contributed by atoms with van der Waals surface area (Å²) in [6.07, 6.45) is 0. The molecule has 4 N–H and O–H groups in total. The molecule has 0 bridgehead atoms. The van der Waals surface area contributed by atoms with E-state index in [9.17, 15) is 4.79 Å². The van der Waals surface area contributed by atoms with E-state index in [1.54, 1.807) is 20.2 Å². The van der Waals surface area contributed by atoms with Crippen molar-refractivity contribution in [2.45, 2.75) is 6.92 Å². The Morgan fingerprint density at radius 2 is 2.06 bits per heavy atom. The average molecular weight is 220 g/mol. The summed E-state index contributed by atoms with van der Waals surface area (Å²) < 4.78 is 0. The molecule has 5 nitrogen and oxygen atoms in total. The molecule has 1 aromatic rings. The Hall–Kier alpha value is -2.04. The molecular formula is C11H16N4O. The Balaban J connectivity index is 3.09. The second-order valence-corrected chi connectivity index (χ2v) is 3.74. The fraction of sp³-hybridized carbons (Fsp3) is 0.273. The highest BCUT2D eigenvalue weighted by Crippen LogP contribution is 2.19. The molecule has 86 valence electrons. The van der Waals surface area contributed by atoms with Gasteiger partial charge in [-0.15, -0.1) is 0 Å². The van der Waals surface area contributed by atoms with E-state index in [0.717, 1.165) is 5.56 Å². The number of aryl methyl sites for hydroxylation is 1. The van der Waals surface area contributed by atoms with E-state index in [0.29, 0.717) is 11.3 Å². The fourth-order valence-corrected chi connectivity index (χ4v) is 1.36. The van der Waals surface area contributed by atoms with Gasteiger partial charge in [0.2, 0.25) is 0 Å². The number of carbonyl (C=O) groups excluding carboxylic acids is 1. The van der Waals surface area contributed by atoms with Crippen molar-refractivity contribution in [3.63, 3.8) is 0 Å². The zero-order valence-electron chi connectivity index (χ0n) is 9.66. The molecule has 1 aromatic carbocycles. The van der Waals surface area contributed by atoms with Gasteiger partial charge in [-0.05, 0) is 18.6 Å². The maximum atomic E-state index is 11.5. The molecule has 0 saturated heterocycles. The van der Waals surface area contributed by atoms with Crippen LogP contribution in [0.25, 0.3) is 0 Å². The van der Waals surface area contributed by atoms with Crippen molar-refractivity contribution < 1.29 is 4.79 Å². The van der Waals surface area contributed by atoms with E-state index in [-0.39, 0.29) is 11.9 Å². The minimum absolute atomic E-state index is 0.0489. The lowest BCUT2D eigenvalue weighted by atomic mass is 10.1. The van der Waals surface area contributed by atoms with Crippen LogP contribution in [0.5, 0.6) is 0 Å². The number of urea groups is 1. The second-order valence-electron chi connectivity index (χ2n) is 3.74. The van der Waals surface area contributed by atoms with Crippen LogP contribution in [-0.2, 0) is 0 Å². The molecule has 0 aliphatic carbocycles. The first-order valence-electron chi connectivity index (χ1n) is 4.85. The van der Waals surface area contributed by atoms with Crippen molar-refractivity contribution in [2.24, 2.45) is 5.73 Å². The largest absolute Gasteiger partial charge is 0.384 e. The highest BCUT2D eigenvalue weighted by molar-refractivity contribution is 6.05. The van der Waals surface area contributed by atoms with Crippen LogP contribution in [0.15, 0.2) is 18.2 Å². The number of rotatable bonds is 2. The van der Waals surface area contributed by atoms with Gasteiger partial charge in [0.1, 0.15) is 5.84 Å². The van der Waals surface area contributed by atoms with Gasteiger partial charge >= 0.3 is 6.03 Å². The van der Waals surface area contributed by atoms with Crippen molar-refractivity contribution in [3.8, 4) is 0 Å². The first-order valence-corrected chi connectivity index (χ1v) is 4.85. The highest BCUT2D eigenvalue weighted by Gasteiger charge is 2.11. The number of anilines is 1. The van der Waals surface area contributed by atoms with Crippen molar-refractivity contribution in [1.29, 1.82) is 5.41 Å². The number of hydrogen-bond acceptors (Lipinski definition) is 2. The monoisotopic (exact) mass is 220 g/mol. The normalized spacial score (nSPS) is 9.69. The summed E-state index contributed by atoms with van der Waals surface area (Å²) in [5.41, 5.74) is 7.48. The Kier molecular flexibility index (Phi) is 3.50. The lowest BCUT2D eigenvalue weighted by Gasteiger charge is -2.15. The molecule has 0 aliphatic heterocycles. The molecule has 1 rings (SSSR count). The lowest BCUT2D eigenvalue weighted by Crippen LogP contribution is -2.28. The zero-order valence-corrected chi connectivity index (χ0v) is 9.66. The Morgan fingerprint density at radius 3 is 2.56 bits per heavy atom. The maximum Gasteiger partial charge on any atom is 0.321 e. The first-order chi connectivity index (χ1) is 7.43. The van der Waals surface area contributed by atoms with Crippen molar-refractivity contribution in [2.75, 3.05) is 19.4 Å². The van der Waals surface area contributed by atoms with Gasteiger partial charge in [-0.25, -0.2) is 4.79 Å². The van der Waals surface area contributed by atoms with Crippen LogP contribution in [0, 0.1) is 12.3 Å². The summed E-state index contributed by atoms with van der Waals surface area (Å²) in [7, 11) is 3.30. The number of carbonyl (C=O) groups is 1. The van der Waals surface area contributed by atoms with Gasteiger partial charge in [0, 0.05) is 19.7 Å². The van der Waals surface area contributed by atoms with Crippen LogP contribution < -0.4 is 11.1 Å².